The van der Waals surface area contributed by atoms with Crippen LogP contribution < -0.4 is 10.6 Å². The number of nitrogens with one attached hydrogen (secondary N) is 2. The smallest absolute Gasteiger partial charge is 0.285 e. The normalized spacial score (nSPS) is 12.8. The second-order valence-corrected chi connectivity index (χ2v) is 8.71. The maximum atomic E-state index is 6.15. The SMILES string of the molecule is CCCCCCCCC(CCCNCCNCc1ccccc1)C(OCC)(OCC)OCC. The lowest BCUT2D eigenvalue weighted by atomic mass is 9.92. The lowest BCUT2D eigenvalue weighted by molar-refractivity contribution is -0.403. The highest BCUT2D eigenvalue weighted by molar-refractivity contribution is 5.14. The monoisotopic (exact) mass is 464 g/mol. The molecular formula is C28H52N2O3. The van der Waals surface area contributed by atoms with Crippen molar-refractivity contribution >= 4 is 0 Å². The molecule has 1 unspecified atom stereocenters. The molecule has 0 saturated carbocycles. The molecule has 33 heavy (non-hydrogen) atoms. The van der Waals surface area contributed by atoms with Gasteiger partial charge in [-0.2, -0.15) is 0 Å². The van der Waals surface area contributed by atoms with Crippen molar-refractivity contribution in [2.45, 2.75) is 98.0 Å². The molecular weight excluding hydrogens is 412 g/mol. The number of unbranched alkanes of at least 4 members (excludes halogenated alkanes) is 5. The summed E-state index contributed by atoms with van der Waals surface area (Å²) >= 11 is 0. The zero-order valence-corrected chi connectivity index (χ0v) is 22.0. The van der Waals surface area contributed by atoms with E-state index in [1.165, 1.54) is 44.1 Å². The van der Waals surface area contributed by atoms with E-state index in [-0.39, 0.29) is 5.92 Å². The minimum Gasteiger partial charge on any atom is -0.328 e. The van der Waals surface area contributed by atoms with Gasteiger partial charge in [-0.25, -0.2) is 0 Å². The Hall–Kier alpha value is -0.980. The highest BCUT2D eigenvalue weighted by Crippen LogP contribution is 2.34. The Kier molecular flexibility index (Phi) is 18.6. The van der Waals surface area contributed by atoms with Crippen molar-refractivity contribution in [2.75, 3.05) is 39.5 Å². The van der Waals surface area contributed by atoms with E-state index in [1.807, 2.05) is 20.8 Å². The average Bonchev–Trinajstić information content (AvgIpc) is 2.82. The first-order chi connectivity index (χ1) is 16.2. The van der Waals surface area contributed by atoms with Gasteiger partial charge in [0.05, 0.1) is 0 Å². The Morgan fingerprint density at radius 3 is 1.88 bits per heavy atom. The second kappa shape index (κ2) is 20.4. The quantitative estimate of drug-likeness (QED) is 0.147. The van der Waals surface area contributed by atoms with Crippen molar-refractivity contribution < 1.29 is 14.2 Å². The maximum absolute atomic E-state index is 6.15. The highest BCUT2D eigenvalue weighted by atomic mass is 16.9. The number of hydrogen-bond acceptors (Lipinski definition) is 5. The van der Waals surface area contributed by atoms with E-state index in [0.717, 1.165) is 45.4 Å². The van der Waals surface area contributed by atoms with Gasteiger partial charge < -0.3 is 24.8 Å². The molecule has 0 aromatic heterocycles. The molecule has 5 nitrogen and oxygen atoms in total. The van der Waals surface area contributed by atoms with Crippen molar-refractivity contribution in [2.24, 2.45) is 5.92 Å². The Morgan fingerprint density at radius 1 is 0.667 bits per heavy atom. The third-order valence-electron chi connectivity index (χ3n) is 6.00. The van der Waals surface area contributed by atoms with Crippen LogP contribution in [-0.4, -0.2) is 45.4 Å². The van der Waals surface area contributed by atoms with Gasteiger partial charge in [0, 0.05) is 45.4 Å². The molecule has 0 aliphatic heterocycles. The predicted octanol–water partition coefficient (Wildman–Crippen LogP) is 6.28. The van der Waals surface area contributed by atoms with Crippen LogP contribution in [0.4, 0.5) is 0 Å². The Morgan fingerprint density at radius 2 is 1.24 bits per heavy atom. The molecule has 2 N–H and O–H groups in total. The molecule has 0 fully saturated rings. The summed E-state index contributed by atoms with van der Waals surface area (Å²) in [5.41, 5.74) is 1.33. The molecule has 0 bridgehead atoms. The lowest BCUT2D eigenvalue weighted by Gasteiger charge is -2.39. The van der Waals surface area contributed by atoms with E-state index in [0.29, 0.717) is 19.8 Å². The summed E-state index contributed by atoms with van der Waals surface area (Å²) < 4.78 is 18.4. The first-order valence-electron chi connectivity index (χ1n) is 13.6. The highest BCUT2D eigenvalue weighted by Gasteiger charge is 2.41. The zero-order chi connectivity index (χ0) is 24.0. The summed E-state index contributed by atoms with van der Waals surface area (Å²) in [6.07, 6.45) is 11.0. The van der Waals surface area contributed by atoms with Crippen LogP contribution in [-0.2, 0) is 20.8 Å². The molecule has 1 rings (SSSR count). The van der Waals surface area contributed by atoms with Crippen LogP contribution >= 0.6 is 0 Å². The van der Waals surface area contributed by atoms with Gasteiger partial charge in [-0.3, -0.25) is 0 Å². The Labute approximate surface area is 204 Å². The van der Waals surface area contributed by atoms with Gasteiger partial charge in [-0.05, 0) is 52.1 Å². The topological polar surface area (TPSA) is 51.8 Å². The van der Waals surface area contributed by atoms with Gasteiger partial charge in [0.2, 0.25) is 0 Å². The lowest BCUT2D eigenvalue weighted by Crippen LogP contribution is -2.47. The fourth-order valence-corrected chi connectivity index (χ4v) is 4.35. The molecule has 0 saturated heterocycles. The van der Waals surface area contributed by atoms with Crippen LogP contribution in [0.25, 0.3) is 0 Å². The number of ether oxygens (including phenoxy) is 3. The number of hydrogen-bond donors (Lipinski definition) is 2. The van der Waals surface area contributed by atoms with Gasteiger partial charge >= 0.3 is 0 Å². The van der Waals surface area contributed by atoms with E-state index in [2.05, 4.69) is 47.9 Å². The molecule has 1 aromatic rings. The van der Waals surface area contributed by atoms with Crippen LogP contribution in [0.2, 0.25) is 0 Å². The first kappa shape index (κ1) is 30.1. The van der Waals surface area contributed by atoms with Crippen LogP contribution in [0.1, 0.15) is 91.0 Å². The van der Waals surface area contributed by atoms with Gasteiger partial charge in [0.1, 0.15) is 0 Å². The summed E-state index contributed by atoms with van der Waals surface area (Å²) in [7, 11) is 0. The van der Waals surface area contributed by atoms with Crippen LogP contribution in [0.15, 0.2) is 30.3 Å². The van der Waals surface area contributed by atoms with Crippen molar-refractivity contribution in [3.8, 4) is 0 Å². The number of benzene rings is 1. The van der Waals surface area contributed by atoms with E-state index in [4.69, 9.17) is 14.2 Å². The van der Waals surface area contributed by atoms with Crippen molar-refractivity contribution in [3.63, 3.8) is 0 Å². The fraction of sp³-hybridized carbons (Fsp3) is 0.786. The van der Waals surface area contributed by atoms with Gasteiger partial charge in [-0.1, -0.05) is 75.8 Å². The molecule has 0 spiro atoms. The van der Waals surface area contributed by atoms with E-state index < -0.39 is 5.97 Å². The first-order valence-corrected chi connectivity index (χ1v) is 13.6. The number of rotatable bonds is 23. The summed E-state index contributed by atoms with van der Waals surface area (Å²) in [5.74, 6) is -0.652. The summed E-state index contributed by atoms with van der Waals surface area (Å²) in [4.78, 5) is 0. The van der Waals surface area contributed by atoms with Crippen LogP contribution in [0.5, 0.6) is 0 Å². The Bertz CT molecular complexity index is 524. The van der Waals surface area contributed by atoms with E-state index >= 15 is 0 Å². The molecule has 0 heterocycles. The van der Waals surface area contributed by atoms with Crippen LogP contribution in [0.3, 0.4) is 0 Å². The van der Waals surface area contributed by atoms with Crippen molar-refractivity contribution in [1.82, 2.24) is 10.6 Å². The maximum Gasteiger partial charge on any atom is 0.285 e. The van der Waals surface area contributed by atoms with E-state index in [1.54, 1.807) is 0 Å². The third-order valence-corrected chi connectivity index (χ3v) is 6.00. The third kappa shape index (κ3) is 13.5. The molecule has 0 aliphatic carbocycles. The molecule has 192 valence electrons. The summed E-state index contributed by atoms with van der Waals surface area (Å²) in [5, 5.41) is 7.08. The van der Waals surface area contributed by atoms with Gasteiger partial charge in [0.25, 0.3) is 5.97 Å². The largest absolute Gasteiger partial charge is 0.328 e. The Balaban J connectivity index is 2.44. The van der Waals surface area contributed by atoms with Gasteiger partial charge in [0.15, 0.2) is 0 Å². The van der Waals surface area contributed by atoms with E-state index in [9.17, 15) is 0 Å². The zero-order valence-electron chi connectivity index (χ0n) is 22.0. The van der Waals surface area contributed by atoms with Crippen molar-refractivity contribution in [3.05, 3.63) is 35.9 Å². The predicted molar refractivity (Wildman–Crippen MR) is 139 cm³/mol. The fourth-order valence-electron chi connectivity index (χ4n) is 4.35. The van der Waals surface area contributed by atoms with Gasteiger partial charge in [-0.15, -0.1) is 0 Å². The standard InChI is InChI=1S/C28H52N2O3/c1-5-9-10-11-12-16-20-27(28(31-6-2,32-7-3)33-8-4)21-17-22-29-23-24-30-25-26-18-14-13-15-19-26/h13-15,18-19,27,29-30H,5-12,16-17,20-25H2,1-4H3. The summed E-state index contributed by atoms with van der Waals surface area (Å²) in [6.45, 7) is 14.0. The molecule has 1 aromatic carbocycles. The molecule has 1 atom stereocenters. The van der Waals surface area contributed by atoms with Crippen molar-refractivity contribution in [1.29, 1.82) is 0 Å². The second-order valence-electron chi connectivity index (χ2n) is 8.71. The average molecular weight is 465 g/mol. The minimum absolute atomic E-state index is 0.251. The molecule has 0 aliphatic rings. The summed E-state index contributed by atoms with van der Waals surface area (Å²) in [6, 6.07) is 10.5. The minimum atomic E-state index is -0.904. The molecule has 0 amide bonds. The molecule has 5 heteroatoms. The molecule has 0 radical (unpaired) electrons. The van der Waals surface area contributed by atoms with Crippen LogP contribution in [0, 0.1) is 5.92 Å².